The highest BCUT2D eigenvalue weighted by Gasteiger charge is 2.50. The largest absolute Gasteiger partial charge is 0.490 e. The summed E-state index contributed by atoms with van der Waals surface area (Å²) in [5, 5.41) is 12.0. The topological polar surface area (TPSA) is 169 Å². The number of pyridine rings is 1. The van der Waals surface area contributed by atoms with Crippen LogP contribution in [0.3, 0.4) is 0 Å². The van der Waals surface area contributed by atoms with Gasteiger partial charge in [0.25, 0.3) is 17.7 Å². The van der Waals surface area contributed by atoms with Gasteiger partial charge in [0.05, 0.1) is 28.4 Å². The molecule has 2 aromatic carbocycles. The summed E-state index contributed by atoms with van der Waals surface area (Å²) in [5.41, 5.74) is 2.51. The number of aryl methyl sites for hydroxylation is 1. The summed E-state index contributed by atoms with van der Waals surface area (Å²) in [7, 11) is 0. The minimum absolute atomic E-state index is 0.00986. The molecule has 62 heavy (non-hydrogen) atoms. The van der Waals surface area contributed by atoms with Crippen molar-refractivity contribution in [1.29, 1.82) is 5.26 Å². The quantitative estimate of drug-likeness (QED) is 0.177. The molecule has 1 saturated carbocycles. The van der Waals surface area contributed by atoms with Crippen LogP contribution in [0.4, 0.5) is 5.69 Å². The number of fused-ring (bicyclic) bond motifs is 1. The van der Waals surface area contributed by atoms with E-state index in [2.05, 4.69) is 33.1 Å². The first-order valence-corrected chi connectivity index (χ1v) is 21.9. The van der Waals surface area contributed by atoms with Gasteiger partial charge in [0.15, 0.2) is 5.11 Å². The van der Waals surface area contributed by atoms with E-state index < -0.39 is 35.2 Å². The molecule has 8 rings (SSSR count). The smallest absolute Gasteiger partial charge is 0.262 e. The van der Waals surface area contributed by atoms with Crippen LogP contribution in [0.25, 0.3) is 0 Å². The zero-order valence-corrected chi connectivity index (χ0v) is 36.4. The Morgan fingerprint density at radius 2 is 1.74 bits per heavy atom. The fraction of sp³-hybridized carbons (Fsp3) is 0.478. The Labute approximate surface area is 366 Å². The molecule has 1 aromatic heterocycles. The van der Waals surface area contributed by atoms with Crippen LogP contribution < -0.4 is 19.7 Å². The molecule has 1 atom stereocenters. The van der Waals surface area contributed by atoms with Crippen molar-refractivity contribution in [1.82, 2.24) is 29.9 Å². The van der Waals surface area contributed by atoms with Gasteiger partial charge in [0, 0.05) is 57.2 Å². The zero-order valence-electron chi connectivity index (χ0n) is 35.6. The maximum Gasteiger partial charge on any atom is 0.262 e. The van der Waals surface area contributed by atoms with Gasteiger partial charge in [-0.25, -0.2) is 4.98 Å². The number of carbonyl (C=O) groups excluding carboxylic acids is 5. The number of aromatic nitrogens is 1. The van der Waals surface area contributed by atoms with Crippen molar-refractivity contribution >= 4 is 52.6 Å². The average Bonchev–Trinajstić information content (AvgIpc) is 3.58. The molecule has 4 fully saturated rings. The van der Waals surface area contributed by atoms with Crippen LogP contribution in [0.15, 0.2) is 54.7 Å². The number of anilines is 1. The number of thiocarbonyl (C=S) groups is 1. The third-order valence-electron chi connectivity index (χ3n) is 13.1. The van der Waals surface area contributed by atoms with E-state index in [-0.39, 0.29) is 36.0 Å². The number of nitrogens with zero attached hydrogens (tertiary/aromatic N) is 7. The number of ether oxygens (including phenoxy) is 2. The Bertz CT molecular complexity index is 2330. The Balaban J connectivity index is 0.746. The van der Waals surface area contributed by atoms with Gasteiger partial charge in [0.2, 0.25) is 17.7 Å². The molecule has 3 saturated heterocycles. The minimum Gasteiger partial charge on any atom is -0.490 e. The summed E-state index contributed by atoms with van der Waals surface area (Å²) in [5.74, 6) is -0.525. The lowest BCUT2D eigenvalue weighted by atomic mass is 9.86. The monoisotopic (exact) mass is 860 g/mol. The fourth-order valence-corrected chi connectivity index (χ4v) is 9.68. The molecule has 1 N–H and O–H groups in total. The van der Waals surface area contributed by atoms with E-state index >= 15 is 0 Å². The summed E-state index contributed by atoms with van der Waals surface area (Å²) < 4.78 is 12.3. The Morgan fingerprint density at radius 3 is 2.42 bits per heavy atom. The van der Waals surface area contributed by atoms with Crippen molar-refractivity contribution in [3.8, 4) is 17.7 Å². The molecular weight excluding hydrogens is 809 g/mol. The number of hydrogen-bond acceptors (Lipinski definition) is 12. The first-order valence-electron chi connectivity index (χ1n) is 21.5. The van der Waals surface area contributed by atoms with Crippen LogP contribution in [0.5, 0.6) is 11.6 Å². The Kier molecular flexibility index (Phi) is 12.1. The van der Waals surface area contributed by atoms with Gasteiger partial charge in [-0.1, -0.05) is 13.0 Å². The zero-order chi connectivity index (χ0) is 43.9. The second kappa shape index (κ2) is 17.5. The SMILES string of the molecule is CCN(CC1CCN(CCOc2ccc(CN3C(=S)N(c4ccc(C#N)c(C)c4)C(=O)C3(C)C)cn2)CC1)[C@H]1C[C@H](Oc2ccc3c(c2)C(=O)N(C2CCC(=O)NC2=O)C3=O)C1. The molecule has 324 valence electrons. The molecule has 15 nitrogen and oxygen atoms in total. The molecular formula is C46H52N8O7S. The van der Waals surface area contributed by atoms with E-state index in [0.717, 1.165) is 74.4 Å². The van der Waals surface area contributed by atoms with Crippen molar-refractivity contribution in [2.75, 3.05) is 44.2 Å². The molecule has 4 aliphatic heterocycles. The maximum atomic E-state index is 13.5. The molecule has 5 heterocycles. The Hall–Kier alpha value is -5.76. The van der Waals surface area contributed by atoms with Crippen LogP contribution in [-0.4, -0.2) is 122 Å². The number of hydrogen-bond donors (Lipinski definition) is 1. The second-order valence-electron chi connectivity index (χ2n) is 17.4. The predicted molar refractivity (Wildman–Crippen MR) is 232 cm³/mol. The van der Waals surface area contributed by atoms with Gasteiger partial charge in [-0.2, -0.15) is 5.26 Å². The predicted octanol–water partition coefficient (Wildman–Crippen LogP) is 4.60. The lowest BCUT2D eigenvalue weighted by Crippen LogP contribution is -2.54. The van der Waals surface area contributed by atoms with E-state index in [1.807, 2.05) is 43.9 Å². The summed E-state index contributed by atoms with van der Waals surface area (Å²) in [4.78, 5) is 77.8. The van der Waals surface area contributed by atoms with Crippen molar-refractivity contribution in [2.45, 2.75) is 96.5 Å². The fourth-order valence-electron chi connectivity index (χ4n) is 9.20. The number of imide groups is 2. The number of piperidine rings is 2. The molecule has 0 radical (unpaired) electrons. The van der Waals surface area contributed by atoms with Crippen LogP contribution in [-0.2, 0) is 20.9 Å². The summed E-state index contributed by atoms with van der Waals surface area (Å²) >= 11 is 5.81. The molecule has 1 unspecified atom stereocenters. The van der Waals surface area contributed by atoms with E-state index in [1.54, 1.807) is 41.4 Å². The number of carbonyl (C=O) groups is 5. The van der Waals surface area contributed by atoms with Crippen molar-refractivity contribution in [3.63, 3.8) is 0 Å². The second-order valence-corrected chi connectivity index (χ2v) is 17.8. The number of benzene rings is 2. The van der Waals surface area contributed by atoms with E-state index in [0.29, 0.717) is 53.1 Å². The molecule has 0 bridgehead atoms. The van der Waals surface area contributed by atoms with Crippen LogP contribution in [0.1, 0.15) is 96.7 Å². The van der Waals surface area contributed by atoms with Crippen LogP contribution in [0.2, 0.25) is 0 Å². The van der Waals surface area contributed by atoms with E-state index in [4.69, 9.17) is 21.7 Å². The van der Waals surface area contributed by atoms with E-state index in [9.17, 15) is 29.2 Å². The van der Waals surface area contributed by atoms with Crippen molar-refractivity contribution < 1.29 is 33.4 Å². The average molecular weight is 861 g/mol. The highest BCUT2D eigenvalue weighted by Crippen LogP contribution is 2.36. The first-order chi connectivity index (χ1) is 29.7. The molecule has 0 spiro atoms. The molecule has 16 heteroatoms. The van der Waals surface area contributed by atoms with Gasteiger partial charge in [-0.15, -0.1) is 0 Å². The Morgan fingerprint density at radius 1 is 0.984 bits per heavy atom. The third-order valence-corrected chi connectivity index (χ3v) is 13.5. The number of amides is 5. The van der Waals surface area contributed by atoms with Crippen LogP contribution >= 0.6 is 12.2 Å². The normalized spacial score (nSPS) is 22.8. The highest BCUT2D eigenvalue weighted by atomic mass is 32.1. The first kappa shape index (κ1) is 42.9. The standard InChI is InChI=1S/C46H52N8O7S/c1-5-51(33-21-35(22-33)61-34-9-10-36-37(23-34)43(58)54(42(36)57)38-11-12-39(55)49-41(38)56)26-29-14-16-50(17-15-29)18-19-60-40-13-6-30(25-48-40)27-52-45(62)53(44(59)46(52,3)4)32-8-7-31(24-47)28(2)20-32/h6-10,13,20,23,25,29,33,35,38H,5,11-12,14-19,21-22,26-27H2,1-4H3,(H,49,55,56)/t33-,35-,38?. The van der Waals surface area contributed by atoms with Gasteiger partial charge in [-0.3, -0.25) is 44.0 Å². The van der Waals surface area contributed by atoms with Crippen molar-refractivity contribution in [3.05, 3.63) is 82.5 Å². The lowest BCUT2D eigenvalue weighted by molar-refractivity contribution is -0.136. The maximum absolute atomic E-state index is 13.5. The van der Waals surface area contributed by atoms with E-state index in [1.165, 1.54) is 0 Å². The minimum atomic E-state index is -0.996. The third kappa shape index (κ3) is 8.41. The lowest BCUT2D eigenvalue weighted by Gasteiger charge is -2.44. The number of rotatable bonds is 14. The number of nitrogens with one attached hydrogen (secondary N) is 1. The molecule has 5 aliphatic rings. The van der Waals surface area contributed by atoms with Crippen molar-refractivity contribution in [2.24, 2.45) is 5.92 Å². The summed E-state index contributed by atoms with van der Waals surface area (Å²) in [6.07, 6.45) is 5.98. The van der Waals surface area contributed by atoms with Gasteiger partial charge < -0.3 is 19.3 Å². The highest BCUT2D eigenvalue weighted by molar-refractivity contribution is 7.80. The number of likely N-dealkylation sites (tertiary alicyclic amines) is 1. The van der Waals surface area contributed by atoms with Gasteiger partial charge in [-0.05, 0) is 125 Å². The molecule has 3 aromatic rings. The molecule has 5 amide bonds. The van der Waals surface area contributed by atoms with Gasteiger partial charge >= 0.3 is 0 Å². The molecule has 1 aliphatic carbocycles. The number of nitriles is 1. The summed E-state index contributed by atoms with van der Waals surface area (Å²) in [6.45, 7) is 13.6. The van der Waals surface area contributed by atoms with Gasteiger partial charge in [0.1, 0.15) is 30.0 Å². The van der Waals surface area contributed by atoms with Crippen LogP contribution in [0, 0.1) is 24.2 Å². The summed E-state index contributed by atoms with van der Waals surface area (Å²) in [6, 6.07) is 15.6.